The zero-order valence-electron chi connectivity index (χ0n) is 10.7. The molecule has 4 N–H and O–H groups in total. The molecular formula is C14H19BrN2O2. The second-order valence-electron chi connectivity index (χ2n) is 5.02. The van der Waals surface area contributed by atoms with Gasteiger partial charge in [-0.15, -0.1) is 0 Å². The molecule has 0 saturated heterocycles. The van der Waals surface area contributed by atoms with Gasteiger partial charge in [0, 0.05) is 10.2 Å². The number of amides is 1. The van der Waals surface area contributed by atoms with Crippen LogP contribution in [0.3, 0.4) is 0 Å². The van der Waals surface area contributed by atoms with E-state index in [2.05, 4.69) is 21.2 Å². The molecule has 2 rings (SSSR count). The first-order valence-electron chi connectivity index (χ1n) is 6.62. The number of hydrogen-bond donors (Lipinski definition) is 3. The van der Waals surface area contributed by atoms with Crippen LogP contribution in [0.4, 0.5) is 5.69 Å². The van der Waals surface area contributed by atoms with Gasteiger partial charge in [0.1, 0.15) is 0 Å². The largest absolute Gasteiger partial charge is 0.398 e. The summed E-state index contributed by atoms with van der Waals surface area (Å²) in [7, 11) is 0. The lowest BCUT2D eigenvalue weighted by Gasteiger charge is -2.22. The number of aliphatic hydroxyl groups excluding tert-OH is 1. The van der Waals surface area contributed by atoms with E-state index in [1.807, 2.05) is 0 Å². The summed E-state index contributed by atoms with van der Waals surface area (Å²) in [5.41, 5.74) is 6.71. The van der Waals surface area contributed by atoms with Crippen LogP contribution in [-0.2, 0) is 0 Å². The molecule has 1 aliphatic rings. The van der Waals surface area contributed by atoms with E-state index >= 15 is 0 Å². The fourth-order valence-corrected chi connectivity index (χ4v) is 2.79. The molecule has 1 aromatic rings. The van der Waals surface area contributed by atoms with E-state index in [9.17, 15) is 9.90 Å². The molecule has 1 saturated carbocycles. The van der Waals surface area contributed by atoms with Gasteiger partial charge in [-0.1, -0.05) is 35.2 Å². The molecule has 0 spiro atoms. The van der Waals surface area contributed by atoms with Gasteiger partial charge in [0.2, 0.25) is 0 Å². The molecule has 1 fully saturated rings. The molecule has 0 aromatic heterocycles. The zero-order valence-corrected chi connectivity index (χ0v) is 12.3. The first kappa shape index (κ1) is 14.3. The maximum atomic E-state index is 12.2. The zero-order chi connectivity index (χ0) is 13.8. The molecule has 2 atom stereocenters. The van der Waals surface area contributed by atoms with E-state index in [0.717, 1.165) is 36.6 Å². The Labute approximate surface area is 121 Å². The van der Waals surface area contributed by atoms with Crippen LogP contribution in [0.1, 0.15) is 42.5 Å². The van der Waals surface area contributed by atoms with Gasteiger partial charge in [-0.25, -0.2) is 0 Å². The summed E-state index contributed by atoms with van der Waals surface area (Å²) in [6.07, 6.45) is 4.28. The monoisotopic (exact) mass is 326 g/mol. The van der Waals surface area contributed by atoms with Crippen LogP contribution in [0.2, 0.25) is 0 Å². The lowest BCUT2D eigenvalue weighted by Crippen LogP contribution is -2.42. The molecule has 2 unspecified atom stereocenters. The lowest BCUT2D eigenvalue weighted by molar-refractivity contribution is 0.0819. The van der Waals surface area contributed by atoms with Crippen molar-refractivity contribution in [3.63, 3.8) is 0 Å². The van der Waals surface area contributed by atoms with Crippen molar-refractivity contribution >= 4 is 27.5 Å². The Bertz CT molecular complexity index is 465. The molecule has 19 heavy (non-hydrogen) atoms. The van der Waals surface area contributed by atoms with Gasteiger partial charge in [0.05, 0.1) is 17.7 Å². The summed E-state index contributed by atoms with van der Waals surface area (Å²) in [5.74, 6) is -0.218. The molecule has 0 aliphatic heterocycles. The Morgan fingerprint density at radius 1 is 1.32 bits per heavy atom. The van der Waals surface area contributed by atoms with E-state index in [-0.39, 0.29) is 11.9 Å². The SMILES string of the molecule is Nc1ccc(Br)cc1C(=O)NC1CCCCCC1O. The number of nitrogen functional groups attached to an aromatic ring is 1. The first-order valence-corrected chi connectivity index (χ1v) is 7.41. The van der Waals surface area contributed by atoms with Crippen molar-refractivity contribution in [3.8, 4) is 0 Å². The number of halogens is 1. The van der Waals surface area contributed by atoms with Crippen molar-refractivity contribution in [3.05, 3.63) is 28.2 Å². The van der Waals surface area contributed by atoms with E-state index in [0.29, 0.717) is 11.3 Å². The number of aliphatic hydroxyl groups is 1. The predicted octanol–water partition coefficient (Wildman–Crippen LogP) is 2.45. The van der Waals surface area contributed by atoms with Gasteiger partial charge in [0.25, 0.3) is 5.91 Å². The number of carbonyl (C=O) groups excluding carboxylic acids is 1. The molecule has 1 aliphatic carbocycles. The number of nitrogens with one attached hydrogen (secondary N) is 1. The molecule has 0 bridgehead atoms. The van der Waals surface area contributed by atoms with Crippen molar-refractivity contribution in [2.75, 3.05) is 5.73 Å². The number of nitrogens with two attached hydrogens (primary N) is 1. The lowest BCUT2D eigenvalue weighted by atomic mass is 10.1. The van der Waals surface area contributed by atoms with Crippen LogP contribution in [0.25, 0.3) is 0 Å². The van der Waals surface area contributed by atoms with Gasteiger partial charge in [-0.05, 0) is 31.0 Å². The normalized spacial score (nSPS) is 23.7. The van der Waals surface area contributed by atoms with Crippen LogP contribution in [0, 0.1) is 0 Å². The highest BCUT2D eigenvalue weighted by molar-refractivity contribution is 9.10. The van der Waals surface area contributed by atoms with Crippen molar-refractivity contribution in [1.82, 2.24) is 5.32 Å². The molecule has 0 radical (unpaired) electrons. The Kier molecular flexibility index (Phi) is 4.82. The molecule has 4 nitrogen and oxygen atoms in total. The van der Waals surface area contributed by atoms with Crippen LogP contribution < -0.4 is 11.1 Å². The minimum absolute atomic E-state index is 0.173. The second kappa shape index (κ2) is 6.39. The third-order valence-corrected chi connectivity index (χ3v) is 4.05. The Morgan fingerprint density at radius 3 is 2.84 bits per heavy atom. The molecule has 5 heteroatoms. The van der Waals surface area contributed by atoms with Gasteiger partial charge in [-0.2, -0.15) is 0 Å². The summed E-state index contributed by atoms with van der Waals surface area (Å²) in [5, 5.41) is 12.9. The Hall–Kier alpha value is -1.07. The highest BCUT2D eigenvalue weighted by Crippen LogP contribution is 2.21. The number of rotatable bonds is 2. The quantitative estimate of drug-likeness (QED) is 0.577. The Morgan fingerprint density at radius 2 is 2.05 bits per heavy atom. The van der Waals surface area contributed by atoms with Crippen LogP contribution in [0.5, 0.6) is 0 Å². The van der Waals surface area contributed by atoms with Gasteiger partial charge >= 0.3 is 0 Å². The molecule has 104 valence electrons. The average molecular weight is 327 g/mol. The second-order valence-corrected chi connectivity index (χ2v) is 5.93. The summed E-state index contributed by atoms with van der Waals surface area (Å²) in [6, 6.07) is 5.02. The van der Waals surface area contributed by atoms with Gasteiger partial charge < -0.3 is 16.2 Å². The summed E-state index contributed by atoms with van der Waals surface area (Å²) in [6.45, 7) is 0. The maximum absolute atomic E-state index is 12.2. The summed E-state index contributed by atoms with van der Waals surface area (Å²) >= 11 is 3.33. The summed E-state index contributed by atoms with van der Waals surface area (Å²) in [4.78, 5) is 12.2. The number of hydrogen-bond acceptors (Lipinski definition) is 3. The third kappa shape index (κ3) is 3.70. The standard InChI is InChI=1S/C14H19BrN2O2/c15-9-6-7-11(16)10(8-9)14(19)17-12-4-2-1-3-5-13(12)18/h6-8,12-13,18H,1-5,16H2,(H,17,19). The average Bonchev–Trinajstić information content (AvgIpc) is 2.58. The number of anilines is 1. The van der Waals surface area contributed by atoms with Crippen molar-refractivity contribution in [2.45, 2.75) is 44.2 Å². The predicted molar refractivity (Wildman–Crippen MR) is 78.9 cm³/mol. The minimum atomic E-state index is -0.458. The topological polar surface area (TPSA) is 75.4 Å². The van der Waals surface area contributed by atoms with Crippen LogP contribution in [-0.4, -0.2) is 23.2 Å². The van der Waals surface area contributed by atoms with Gasteiger partial charge in [0.15, 0.2) is 0 Å². The molecule has 1 aromatic carbocycles. The van der Waals surface area contributed by atoms with Crippen LogP contribution in [0.15, 0.2) is 22.7 Å². The Balaban J connectivity index is 2.09. The molecule has 0 heterocycles. The minimum Gasteiger partial charge on any atom is -0.398 e. The number of carbonyl (C=O) groups is 1. The maximum Gasteiger partial charge on any atom is 0.253 e. The fraction of sp³-hybridized carbons (Fsp3) is 0.500. The van der Waals surface area contributed by atoms with E-state index in [4.69, 9.17) is 5.73 Å². The summed E-state index contributed by atoms with van der Waals surface area (Å²) < 4.78 is 0.813. The highest BCUT2D eigenvalue weighted by Gasteiger charge is 2.24. The van der Waals surface area contributed by atoms with Crippen molar-refractivity contribution < 1.29 is 9.90 Å². The molecular weight excluding hydrogens is 308 g/mol. The van der Waals surface area contributed by atoms with Crippen molar-refractivity contribution in [2.24, 2.45) is 0 Å². The fourth-order valence-electron chi connectivity index (χ4n) is 2.43. The number of benzene rings is 1. The van der Waals surface area contributed by atoms with E-state index in [1.54, 1.807) is 18.2 Å². The van der Waals surface area contributed by atoms with Gasteiger partial charge in [-0.3, -0.25) is 4.79 Å². The van der Waals surface area contributed by atoms with E-state index in [1.165, 1.54) is 0 Å². The smallest absolute Gasteiger partial charge is 0.253 e. The third-order valence-electron chi connectivity index (χ3n) is 3.56. The van der Waals surface area contributed by atoms with Crippen LogP contribution >= 0.6 is 15.9 Å². The molecule has 1 amide bonds. The highest BCUT2D eigenvalue weighted by atomic mass is 79.9. The first-order chi connectivity index (χ1) is 9.08. The van der Waals surface area contributed by atoms with E-state index < -0.39 is 6.10 Å². The van der Waals surface area contributed by atoms with Crippen molar-refractivity contribution in [1.29, 1.82) is 0 Å².